The maximum absolute atomic E-state index is 5.60. The van der Waals surface area contributed by atoms with Gasteiger partial charge in [-0.1, -0.05) is 6.92 Å². The number of nitrogens with one attached hydrogen (secondary N) is 2. The third kappa shape index (κ3) is 8.13. The van der Waals surface area contributed by atoms with Gasteiger partial charge in [-0.2, -0.15) is 0 Å². The lowest BCUT2D eigenvalue weighted by Gasteiger charge is -2.24. The predicted octanol–water partition coefficient (Wildman–Crippen LogP) is 3.43. The Kier molecular flexibility index (Phi) is 12.4. The Bertz CT molecular complexity index is 526. The summed E-state index contributed by atoms with van der Waals surface area (Å²) in [6, 6.07) is 6.33. The van der Waals surface area contributed by atoms with Gasteiger partial charge in [-0.05, 0) is 39.4 Å². The molecule has 6 nitrogen and oxygen atoms in total. The molecule has 1 rings (SSSR count). The molecule has 0 saturated carbocycles. The van der Waals surface area contributed by atoms with Crippen molar-refractivity contribution >= 4 is 35.6 Å². The summed E-state index contributed by atoms with van der Waals surface area (Å²) in [5, 5.41) is 6.61. The molecule has 1 unspecified atom stereocenters. The van der Waals surface area contributed by atoms with Gasteiger partial charge in [0, 0.05) is 37.9 Å². The third-order valence-corrected chi connectivity index (χ3v) is 4.05. The number of ether oxygens (including phenoxy) is 2. The molecule has 1 aromatic carbocycles. The first-order chi connectivity index (χ1) is 11.5. The summed E-state index contributed by atoms with van der Waals surface area (Å²) in [6.45, 7) is 8.77. The zero-order valence-corrected chi connectivity index (χ0v) is 18.6. The van der Waals surface area contributed by atoms with Crippen molar-refractivity contribution in [2.45, 2.75) is 33.2 Å². The van der Waals surface area contributed by atoms with E-state index in [2.05, 4.69) is 41.4 Å². The number of rotatable bonds is 9. The van der Waals surface area contributed by atoms with E-state index in [1.54, 1.807) is 14.2 Å². The van der Waals surface area contributed by atoms with E-state index in [1.807, 2.05) is 25.1 Å². The highest BCUT2D eigenvalue weighted by molar-refractivity contribution is 14.0. The van der Waals surface area contributed by atoms with Crippen molar-refractivity contribution in [2.24, 2.45) is 4.99 Å². The largest absolute Gasteiger partial charge is 0.493 e. The molecule has 0 heterocycles. The van der Waals surface area contributed by atoms with Crippen molar-refractivity contribution in [3.63, 3.8) is 0 Å². The van der Waals surface area contributed by atoms with Crippen LogP contribution in [0.4, 0.5) is 5.69 Å². The summed E-state index contributed by atoms with van der Waals surface area (Å²) >= 11 is 0. The average Bonchev–Trinajstić information content (AvgIpc) is 2.60. The number of hydrogen-bond acceptors (Lipinski definition) is 4. The van der Waals surface area contributed by atoms with E-state index < -0.39 is 0 Å². The Morgan fingerprint density at radius 2 is 2.00 bits per heavy atom. The highest BCUT2D eigenvalue weighted by Gasteiger charge is 2.08. The van der Waals surface area contributed by atoms with Gasteiger partial charge in [0.05, 0.1) is 13.7 Å². The van der Waals surface area contributed by atoms with Crippen molar-refractivity contribution < 1.29 is 9.47 Å². The molecule has 1 aromatic rings. The van der Waals surface area contributed by atoms with Crippen molar-refractivity contribution in [3.8, 4) is 11.5 Å². The molecular formula is C18H33IN4O2. The molecule has 0 radical (unpaired) electrons. The molecule has 0 aliphatic heterocycles. The normalized spacial score (nSPS) is 12.4. The fraction of sp³-hybridized carbons (Fsp3) is 0.611. The summed E-state index contributed by atoms with van der Waals surface area (Å²) in [5.74, 6) is 2.18. The number of benzene rings is 1. The summed E-state index contributed by atoms with van der Waals surface area (Å²) in [6.07, 6.45) is 1.15. The van der Waals surface area contributed by atoms with Crippen LogP contribution in [0, 0.1) is 0 Å². The van der Waals surface area contributed by atoms with Crippen LogP contribution in [-0.4, -0.2) is 57.8 Å². The van der Waals surface area contributed by atoms with Crippen LogP contribution in [0.25, 0.3) is 0 Å². The molecule has 0 aliphatic rings. The molecule has 0 saturated heterocycles. The van der Waals surface area contributed by atoms with Gasteiger partial charge < -0.3 is 25.0 Å². The van der Waals surface area contributed by atoms with E-state index in [4.69, 9.17) is 9.47 Å². The summed E-state index contributed by atoms with van der Waals surface area (Å²) < 4.78 is 10.9. The van der Waals surface area contributed by atoms with E-state index in [0.717, 1.165) is 42.7 Å². The predicted molar refractivity (Wildman–Crippen MR) is 117 cm³/mol. The number of anilines is 1. The van der Waals surface area contributed by atoms with Gasteiger partial charge in [-0.25, -0.2) is 0 Å². The number of aliphatic imine (C=N–C) groups is 1. The van der Waals surface area contributed by atoms with Crippen LogP contribution in [0.2, 0.25) is 0 Å². The second-order valence-electron chi connectivity index (χ2n) is 5.66. The summed E-state index contributed by atoms with van der Waals surface area (Å²) in [4.78, 5) is 6.60. The minimum Gasteiger partial charge on any atom is -0.493 e. The van der Waals surface area contributed by atoms with Gasteiger partial charge in [-0.15, -0.1) is 24.0 Å². The maximum Gasteiger partial charge on any atom is 0.195 e. The molecule has 0 aromatic heterocycles. The lowest BCUT2D eigenvalue weighted by atomic mass is 10.2. The second-order valence-corrected chi connectivity index (χ2v) is 5.66. The van der Waals surface area contributed by atoms with Crippen LogP contribution in [-0.2, 0) is 0 Å². The number of halogens is 1. The lowest BCUT2D eigenvalue weighted by molar-refractivity contribution is 0.256. The first kappa shape index (κ1) is 23.8. The molecule has 1 atom stereocenters. The molecule has 0 bridgehead atoms. The van der Waals surface area contributed by atoms with Crippen LogP contribution in [0.3, 0.4) is 0 Å². The van der Waals surface area contributed by atoms with Gasteiger partial charge in [0.2, 0.25) is 0 Å². The molecular weight excluding hydrogens is 431 g/mol. The fourth-order valence-corrected chi connectivity index (χ4v) is 2.22. The molecule has 0 fully saturated rings. The lowest BCUT2D eigenvalue weighted by Crippen LogP contribution is -2.39. The smallest absolute Gasteiger partial charge is 0.195 e. The monoisotopic (exact) mass is 464 g/mol. The van der Waals surface area contributed by atoms with Crippen molar-refractivity contribution in [1.29, 1.82) is 0 Å². The van der Waals surface area contributed by atoms with Gasteiger partial charge in [0.25, 0.3) is 0 Å². The van der Waals surface area contributed by atoms with Crippen molar-refractivity contribution in [3.05, 3.63) is 18.2 Å². The Labute approximate surface area is 169 Å². The number of methoxy groups -OCH3 is 1. The highest BCUT2D eigenvalue weighted by Crippen LogP contribution is 2.30. The highest BCUT2D eigenvalue weighted by atomic mass is 127. The Balaban J connectivity index is 0.00000576. The van der Waals surface area contributed by atoms with Crippen LogP contribution in [0.5, 0.6) is 11.5 Å². The number of likely N-dealkylation sites (N-methyl/N-ethyl adjacent to an activating group) is 1. The number of guanidine groups is 1. The minimum atomic E-state index is 0. The van der Waals surface area contributed by atoms with Gasteiger partial charge in [-0.3, -0.25) is 4.99 Å². The molecule has 0 spiro atoms. The zero-order valence-electron chi connectivity index (χ0n) is 16.3. The molecule has 2 N–H and O–H groups in total. The standard InChI is InChI=1S/C18H32N4O2.HI/c1-7-14(3)22(5)12-11-20-18(19-4)21-15-9-10-16(23-6)17(13-15)24-8-2;/h9-10,13-14H,7-8,11-12H2,1-6H3,(H2,19,20,21);1H. The van der Waals surface area contributed by atoms with E-state index in [9.17, 15) is 0 Å². The minimum absolute atomic E-state index is 0. The fourth-order valence-electron chi connectivity index (χ4n) is 2.22. The van der Waals surface area contributed by atoms with Crippen LogP contribution < -0.4 is 20.1 Å². The molecule has 7 heteroatoms. The molecule has 0 aliphatic carbocycles. The van der Waals surface area contributed by atoms with Gasteiger partial charge in [0.15, 0.2) is 17.5 Å². The summed E-state index contributed by atoms with van der Waals surface area (Å²) in [5.41, 5.74) is 0.905. The van der Waals surface area contributed by atoms with E-state index >= 15 is 0 Å². The first-order valence-corrected chi connectivity index (χ1v) is 8.54. The molecule has 0 amide bonds. The number of hydrogen-bond donors (Lipinski definition) is 2. The van der Waals surface area contributed by atoms with E-state index in [-0.39, 0.29) is 24.0 Å². The van der Waals surface area contributed by atoms with Crippen LogP contribution in [0.1, 0.15) is 27.2 Å². The van der Waals surface area contributed by atoms with E-state index in [0.29, 0.717) is 12.6 Å². The topological polar surface area (TPSA) is 58.1 Å². The maximum atomic E-state index is 5.60. The number of nitrogens with zero attached hydrogens (tertiary/aromatic N) is 2. The Hall–Kier alpha value is -1.22. The van der Waals surface area contributed by atoms with Crippen molar-refractivity contribution in [1.82, 2.24) is 10.2 Å². The summed E-state index contributed by atoms with van der Waals surface area (Å²) in [7, 11) is 5.55. The third-order valence-electron chi connectivity index (χ3n) is 4.05. The quantitative estimate of drug-likeness (QED) is 0.333. The first-order valence-electron chi connectivity index (χ1n) is 8.54. The Morgan fingerprint density at radius 1 is 1.28 bits per heavy atom. The van der Waals surface area contributed by atoms with E-state index in [1.165, 1.54) is 0 Å². The molecule has 25 heavy (non-hydrogen) atoms. The van der Waals surface area contributed by atoms with Crippen LogP contribution >= 0.6 is 24.0 Å². The van der Waals surface area contributed by atoms with Crippen molar-refractivity contribution in [2.75, 3.05) is 46.2 Å². The van der Waals surface area contributed by atoms with Gasteiger partial charge in [0.1, 0.15) is 0 Å². The average molecular weight is 464 g/mol. The molecule has 144 valence electrons. The Morgan fingerprint density at radius 3 is 2.56 bits per heavy atom. The second kappa shape index (κ2) is 13.0. The SMILES string of the molecule is CCOc1cc(NC(=NC)NCCN(C)C(C)CC)ccc1OC.I. The van der Waals surface area contributed by atoms with Crippen LogP contribution in [0.15, 0.2) is 23.2 Å². The van der Waals surface area contributed by atoms with Gasteiger partial charge >= 0.3 is 0 Å². The zero-order chi connectivity index (χ0) is 17.9.